The fourth-order valence-corrected chi connectivity index (χ4v) is 4.40. The highest BCUT2D eigenvalue weighted by atomic mass is 79.9. The minimum Gasteiger partial charge on any atom is -0.508 e. The molecule has 0 bridgehead atoms. The van der Waals surface area contributed by atoms with E-state index in [2.05, 4.69) is 22.0 Å². The molecule has 0 saturated heterocycles. The van der Waals surface area contributed by atoms with E-state index in [1.54, 1.807) is 31.4 Å². The molecular weight excluding hydrogens is 496 g/mol. The van der Waals surface area contributed by atoms with Crippen LogP contribution in [0, 0.1) is 11.3 Å². The van der Waals surface area contributed by atoms with Crippen LogP contribution in [0.1, 0.15) is 22.6 Å². The number of nitrogens with zero attached hydrogens (tertiary/aromatic N) is 1. The van der Waals surface area contributed by atoms with E-state index in [1.165, 1.54) is 6.07 Å². The molecule has 4 rings (SSSR count). The zero-order valence-electron chi connectivity index (χ0n) is 16.9. The van der Waals surface area contributed by atoms with Crippen LogP contribution < -0.4 is 19.9 Å². The van der Waals surface area contributed by atoms with Gasteiger partial charge in [0.2, 0.25) is 5.88 Å². The summed E-state index contributed by atoms with van der Waals surface area (Å²) in [6.45, 7) is 0.296. The van der Waals surface area contributed by atoms with Crippen LogP contribution in [0.2, 0.25) is 5.02 Å². The van der Waals surface area contributed by atoms with Gasteiger partial charge >= 0.3 is 0 Å². The van der Waals surface area contributed by atoms with Crippen LogP contribution in [-0.4, -0.2) is 12.2 Å². The van der Waals surface area contributed by atoms with Gasteiger partial charge in [0.25, 0.3) is 0 Å². The number of nitrogens with two attached hydrogens (primary N) is 1. The van der Waals surface area contributed by atoms with Gasteiger partial charge in [-0.05, 0) is 57.4 Å². The molecular formula is C24H18BrClN2O4. The highest BCUT2D eigenvalue weighted by Gasteiger charge is 2.32. The zero-order chi connectivity index (χ0) is 22.8. The van der Waals surface area contributed by atoms with Crippen molar-refractivity contribution in [3.05, 3.63) is 92.2 Å². The number of rotatable bonds is 5. The highest BCUT2D eigenvalue weighted by molar-refractivity contribution is 9.10. The van der Waals surface area contributed by atoms with Gasteiger partial charge in [0, 0.05) is 16.7 Å². The molecule has 1 heterocycles. The Hall–Kier alpha value is -3.34. The van der Waals surface area contributed by atoms with Gasteiger partial charge in [-0.25, -0.2) is 0 Å². The summed E-state index contributed by atoms with van der Waals surface area (Å²) >= 11 is 9.63. The second-order valence-corrected chi connectivity index (χ2v) is 8.39. The second-order valence-electron chi connectivity index (χ2n) is 7.10. The highest BCUT2D eigenvalue weighted by Crippen LogP contribution is 2.47. The molecule has 0 aliphatic carbocycles. The van der Waals surface area contributed by atoms with Crippen molar-refractivity contribution in [2.75, 3.05) is 7.11 Å². The van der Waals surface area contributed by atoms with Gasteiger partial charge in [0.15, 0.2) is 11.5 Å². The van der Waals surface area contributed by atoms with E-state index in [4.69, 9.17) is 31.5 Å². The molecule has 32 heavy (non-hydrogen) atoms. The zero-order valence-corrected chi connectivity index (χ0v) is 19.3. The van der Waals surface area contributed by atoms with Crippen molar-refractivity contribution in [1.82, 2.24) is 0 Å². The summed E-state index contributed by atoms with van der Waals surface area (Å²) in [5.41, 5.74) is 8.65. The number of allylic oxidation sites excluding steroid dienone is 1. The molecule has 3 N–H and O–H groups in total. The van der Waals surface area contributed by atoms with Crippen molar-refractivity contribution < 1.29 is 19.3 Å². The number of methoxy groups -OCH3 is 1. The van der Waals surface area contributed by atoms with Gasteiger partial charge < -0.3 is 25.1 Å². The third kappa shape index (κ3) is 4.20. The number of phenols is 1. The van der Waals surface area contributed by atoms with Crippen molar-refractivity contribution in [2.24, 2.45) is 5.73 Å². The summed E-state index contributed by atoms with van der Waals surface area (Å²) in [6.07, 6.45) is 0. The van der Waals surface area contributed by atoms with Crippen molar-refractivity contribution in [3.8, 4) is 29.1 Å². The summed E-state index contributed by atoms with van der Waals surface area (Å²) in [7, 11) is 1.54. The summed E-state index contributed by atoms with van der Waals surface area (Å²) in [6, 6.07) is 17.9. The molecule has 0 radical (unpaired) electrons. The van der Waals surface area contributed by atoms with E-state index in [0.717, 1.165) is 11.1 Å². The molecule has 6 nitrogen and oxygen atoms in total. The van der Waals surface area contributed by atoms with E-state index in [0.29, 0.717) is 38.9 Å². The van der Waals surface area contributed by atoms with E-state index in [-0.39, 0.29) is 17.2 Å². The van der Waals surface area contributed by atoms with Crippen molar-refractivity contribution in [3.63, 3.8) is 0 Å². The van der Waals surface area contributed by atoms with Gasteiger partial charge in [-0.3, -0.25) is 0 Å². The molecule has 0 fully saturated rings. The average Bonchev–Trinajstić information content (AvgIpc) is 2.76. The first kappa shape index (κ1) is 21.9. The Morgan fingerprint density at radius 2 is 2.03 bits per heavy atom. The maximum atomic E-state index is 9.83. The van der Waals surface area contributed by atoms with Crippen LogP contribution in [0.5, 0.6) is 23.0 Å². The SMILES string of the molecule is COc1cc([C@@H]2C(C#N)=C(N)Oc3cc(O)ccc32)cc(Br)c1OCc1cccc(Cl)c1. The number of hydrogen-bond acceptors (Lipinski definition) is 6. The molecule has 0 aromatic heterocycles. The Kier molecular flexibility index (Phi) is 6.17. The molecule has 162 valence electrons. The summed E-state index contributed by atoms with van der Waals surface area (Å²) < 4.78 is 17.8. The Morgan fingerprint density at radius 3 is 2.75 bits per heavy atom. The average molecular weight is 514 g/mol. The fourth-order valence-electron chi connectivity index (χ4n) is 3.62. The van der Waals surface area contributed by atoms with E-state index >= 15 is 0 Å². The van der Waals surface area contributed by atoms with Crippen LogP contribution in [0.15, 0.2) is 70.5 Å². The number of benzene rings is 3. The summed E-state index contributed by atoms with van der Waals surface area (Å²) in [5.74, 6) is 0.925. The number of aromatic hydroxyl groups is 1. The number of phenolic OH excluding ortho intramolecular Hbond substituents is 1. The van der Waals surface area contributed by atoms with Crippen LogP contribution in [0.4, 0.5) is 0 Å². The largest absolute Gasteiger partial charge is 0.508 e. The molecule has 0 spiro atoms. The van der Waals surface area contributed by atoms with Crippen LogP contribution in [0.25, 0.3) is 0 Å². The van der Waals surface area contributed by atoms with Gasteiger partial charge in [0.05, 0.1) is 17.5 Å². The lowest BCUT2D eigenvalue weighted by atomic mass is 9.83. The third-order valence-electron chi connectivity index (χ3n) is 5.06. The Labute approximate surface area is 198 Å². The number of fused-ring (bicyclic) bond motifs is 1. The minimum absolute atomic E-state index is 0.00743. The first-order chi connectivity index (χ1) is 15.4. The van der Waals surface area contributed by atoms with E-state index in [9.17, 15) is 10.4 Å². The molecule has 3 aromatic carbocycles. The molecule has 8 heteroatoms. The van der Waals surface area contributed by atoms with Gasteiger partial charge in [-0.15, -0.1) is 0 Å². The van der Waals surface area contributed by atoms with Crippen molar-refractivity contribution in [1.29, 1.82) is 5.26 Å². The molecule has 1 aliphatic heterocycles. The van der Waals surface area contributed by atoms with Gasteiger partial charge in [0.1, 0.15) is 29.7 Å². The molecule has 0 amide bonds. The quantitative estimate of drug-likeness (QED) is 0.460. The number of nitriles is 1. The smallest absolute Gasteiger partial charge is 0.205 e. The number of halogens is 2. The van der Waals surface area contributed by atoms with Gasteiger partial charge in [-0.2, -0.15) is 5.26 Å². The second kappa shape index (κ2) is 9.03. The predicted molar refractivity (Wildman–Crippen MR) is 124 cm³/mol. The third-order valence-corrected chi connectivity index (χ3v) is 5.88. The van der Waals surface area contributed by atoms with Crippen LogP contribution >= 0.6 is 27.5 Å². The summed E-state index contributed by atoms with van der Waals surface area (Å²) in [5, 5.41) is 20.2. The molecule has 0 unspecified atom stereocenters. The fraction of sp³-hybridized carbons (Fsp3) is 0.125. The minimum atomic E-state index is -0.503. The molecule has 3 aromatic rings. The maximum Gasteiger partial charge on any atom is 0.205 e. The lowest BCUT2D eigenvalue weighted by Crippen LogP contribution is -2.21. The standard InChI is InChI=1S/C24H18BrClN2O4/c1-30-21-9-14(8-19(25)23(21)31-12-13-3-2-4-15(26)7-13)22-17-6-5-16(29)10-20(17)32-24(28)18(22)11-27/h2-10,22,29H,12,28H2,1H3/t22-/m0/s1. The van der Waals surface area contributed by atoms with Crippen molar-refractivity contribution >= 4 is 27.5 Å². The first-order valence-corrected chi connectivity index (χ1v) is 10.7. The Morgan fingerprint density at radius 1 is 1.22 bits per heavy atom. The van der Waals surface area contributed by atoms with E-state index in [1.807, 2.05) is 24.3 Å². The monoisotopic (exact) mass is 512 g/mol. The Bertz CT molecular complexity index is 1270. The van der Waals surface area contributed by atoms with Crippen LogP contribution in [0.3, 0.4) is 0 Å². The topological polar surface area (TPSA) is 97.7 Å². The Balaban J connectivity index is 1.75. The molecule has 1 atom stereocenters. The normalized spacial score (nSPS) is 14.9. The van der Waals surface area contributed by atoms with Gasteiger partial charge in [-0.1, -0.05) is 29.8 Å². The lowest BCUT2D eigenvalue weighted by molar-refractivity contribution is 0.282. The lowest BCUT2D eigenvalue weighted by Gasteiger charge is -2.27. The van der Waals surface area contributed by atoms with Crippen LogP contribution in [-0.2, 0) is 6.61 Å². The number of ether oxygens (including phenoxy) is 3. The van der Waals surface area contributed by atoms with E-state index < -0.39 is 5.92 Å². The maximum absolute atomic E-state index is 9.83. The predicted octanol–water partition coefficient (Wildman–Crippen LogP) is 5.61. The van der Waals surface area contributed by atoms with Crippen molar-refractivity contribution in [2.45, 2.75) is 12.5 Å². The first-order valence-electron chi connectivity index (χ1n) is 9.56. The summed E-state index contributed by atoms with van der Waals surface area (Å²) in [4.78, 5) is 0. The molecule has 1 aliphatic rings. The molecule has 0 saturated carbocycles. The number of hydrogen-bond donors (Lipinski definition) is 2.